The van der Waals surface area contributed by atoms with Gasteiger partial charge in [-0.3, -0.25) is 4.79 Å². The summed E-state index contributed by atoms with van der Waals surface area (Å²) >= 11 is 0. The zero-order valence-corrected chi connectivity index (χ0v) is 16.3. The molecule has 0 fully saturated rings. The molecule has 6 heteroatoms. The Kier molecular flexibility index (Phi) is 4.47. The zero-order valence-electron chi connectivity index (χ0n) is 16.3. The van der Waals surface area contributed by atoms with Crippen LogP contribution < -0.4 is 9.47 Å². The van der Waals surface area contributed by atoms with E-state index in [0.29, 0.717) is 23.5 Å². The van der Waals surface area contributed by atoms with E-state index in [2.05, 4.69) is 10.1 Å². The third-order valence-corrected chi connectivity index (χ3v) is 5.06. The lowest BCUT2D eigenvalue weighted by molar-refractivity contribution is 0.104. The molecule has 0 saturated heterocycles. The lowest BCUT2D eigenvalue weighted by atomic mass is 10.1. The summed E-state index contributed by atoms with van der Waals surface area (Å²) in [5.74, 6) is 1.96. The van der Waals surface area contributed by atoms with Crippen LogP contribution in [0.4, 0.5) is 0 Å². The first-order valence-electron chi connectivity index (χ1n) is 9.01. The second-order valence-corrected chi connectivity index (χ2v) is 6.72. The Bertz CT molecular complexity index is 1100. The van der Waals surface area contributed by atoms with Crippen LogP contribution in [0.2, 0.25) is 0 Å². The molecule has 0 amide bonds. The molecule has 2 aromatic heterocycles. The number of hydrogen-bond donors (Lipinski definition) is 0. The van der Waals surface area contributed by atoms with Crippen molar-refractivity contribution in [2.45, 2.75) is 20.3 Å². The van der Waals surface area contributed by atoms with E-state index in [1.165, 1.54) is 0 Å². The van der Waals surface area contributed by atoms with E-state index in [1.54, 1.807) is 31.2 Å². The van der Waals surface area contributed by atoms with Crippen molar-refractivity contribution in [3.05, 3.63) is 70.2 Å². The summed E-state index contributed by atoms with van der Waals surface area (Å²) in [5, 5.41) is 4.61. The minimum absolute atomic E-state index is 0.0142. The van der Waals surface area contributed by atoms with E-state index in [4.69, 9.17) is 9.47 Å². The number of ketones is 1. The van der Waals surface area contributed by atoms with Gasteiger partial charge in [-0.25, -0.2) is 9.67 Å². The highest BCUT2D eigenvalue weighted by Crippen LogP contribution is 2.37. The number of hydrogen-bond acceptors (Lipinski definition) is 5. The van der Waals surface area contributed by atoms with Crippen molar-refractivity contribution in [1.29, 1.82) is 0 Å². The molecule has 142 valence electrons. The third kappa shape index (κ3) is 2.87. The highest BCUT2D eigenvalue weighted by Gasteiger charge is 2.28. The van der Waals surface area contributed by atoms with E-state index in [9.17, 15) is 4.79 Å². The molecule has 1 aliphatic rings. The molecule has 0 spiro atoms. The maximum atomic E-state index is 13.0. The third-order valence-electron chi connectivity index (χ3n) is 5.06. The van der Waals surface area contributed by atoms with Crippen molar-refractivity contribution < 1.29 is 14.3 Å². The van der Waals surface area contributed by atoms with Crippen LogP contribution in [0.3, 0.4) is 0 Å². The smallest absolute Gasteiger partial charge is 0.189 e. The second kappa shape index (κ2) is 6.96. The molecule has 0 bridgehead atoms. The number of allylic oxidation sites excluding steroid dienone is 1. The van der Waals surface area contributed by atoms with Crippen LogP contribution in [0.1, 0.15) is 32.9 Å². The van der Waals surface area contributed by atoms with Crippen molar-refractivity contribution in [2.75, 3.05) is 14.2 Å². The highest BCUT2D eigenvalue weighted by atomic mass is 16.5. The number of pyridine rings is 1. The average Bonchev–Trinajstić information content (AvgIpc) is 3.18. The van der Waals surface area contributed by atoms with Crippen molar-refractivity contribution in [1.82, 2.24) is 14.8 Å². The van der Waals surface area contributed by atoms with Gasteiger partial charge in [0.05, 0.1) is 25.6 Å². The number of nitrogens with zero attached hydrogens (tertiary/aromatic N) is 3. The fourth-order valence-corrected chi connectivity index (χ4v) is 3.59. The van der Waals surface area contributed by atoms with Crippen LogP contribution in [-0.4, -0.2) is 34.8 Å². The number of aromatic nitrogens is 3. The Morgan fingerprint density at radius 2 is 1.86 bits per heavy atom. The number of carbonyl (C=O) groups is 1. The lowest BCUT2D eigenvalue weighted by Gasteiger charge is -2.08. The number of Topliss-reactive ketones (excluding diaryl/α,β-unsaturated/α-hetero) is 1. The summed E-state index contributed by atoms with van der Waals surface area (Å²) in [6.07, 6.45) is 4.24. The number of methoxy groups -OCH3 is 2. The Morgan fingerprint density at radius 1 is 1.11 bits per heavy atom. The van der Waals surface area contributed by atoms with Gasteiger partial charge in [-0.2, -0.15) is 5.10 Å². The van der Waals surface area contributed by atoms with Crippen molar-refractivity contribution in [3.8, 4) is 17.3 Å². The SMILES string of the molecule is COc1cc2c(cc1OC)C(=O)C(=Cc1c(C)nn(-c3ccccn3)c1C)C2. The molecule has 0 N–H and O–H groups in total. The molecule has 2 heterocycles. The average molecular weight is 375 g/mol. The van der Waals surface area contributed by atoms with Gasteiger partial charge in [0.25, 0.3) is 0 Å². The second-order valence-electron chi connectivity index (χ2n) is 6.72. The Balaban J connectivity index is 1.75. The molecule has 0 unspecified atom stereocenters. The van der Waals surface area contributed by atoms with Crippen molar-refractivity contribution in [3.63, 3.8) is 0 Å². The van der Waals surface area contributed by atoms with Crippen LogP contribution in [0, 0.1) is 13.8 Å². The highest BCUT2D eigenvalue weighted by molar-refractivity contribution is 6.16. The van der Waals surface area contributed by atoms with Crippen molar-refractivity contribution >= 4 is 11.9 Å². The van der Waals surface area contributed by atoms with E-state index < -0.39 is 0 Å². The monoisotopic (exact) mass is 375 g/mol. The molecule has 0 saturated carbocycles. The first-order chi connectivity index (χ1) is 13.5. The summed E-state index contributed by atoms with van der Waals surface area (Å²) < 4.78 is 12.5. The molecule has 0 radical (unpaired) electrons. The van der Waals surface area contributed by atoms with Gasteiger partial charge >= 0.3 is 0 Å². The van der Waals surface area contributed by atoms with Crippen LogP contribution in [0.15, 0.2) is 42.1 Å². The molecule has 4 rings (SSSR count). The molecule has 3 aromatic rings. The summed E-state index contributed by atoms with van der Waals surface area (Å²) in [4.78, 5) is 17.3. The van der Waals surface area contributed by atoms with E-state index in [1.807, 2.05) is 44.2 Å². The van der Waals surface area contributed by atoms with Crippen LogP contribution >= 0.6 is 0 Å². The fraction of sp³-hybridized carbons (Fsp3) is 0.227. The number of ether oxygens (including phenoxy) is 2. The molecular weight excluding hydrogens is 354 g/mol. The first kappa shape index (κ1) is 18.0. The number of carbonyl (C=O) groups excluding carboxylic acids is 1. The van der Waals surface area contributed by atoms with Crippen LogP contribution in [0.5, 0.6) is 11.5 Å². The molecule has 28 heavy (non-hydrogen) atoms. The normalized spacial score (nSPS) is 14.4. The standard InChI is InChI=1S/C22H21N3O3/c1-13-17(14(2)25(24-13)21-7-5-6-8-23-21)10-16-9-15-11-19(27-3)20(28-4)12-18(15)22(16)26/h5-8,10-12H,9H2,1-4H3. The molecule has 1 aliphatic carbocycles. The summed E-state index contributed by atoms with van der Waals surface area (Å²) in [6.45, 7) is 3.93. The lowest BCUT2D eigenvalue weighted by Crippen LogP contribution is -2.01. The maximum Gasteiger partial charge on any atom is 0.189 e. The molecule has 0 atom stereocenters. The minimum atomic E-state index is 0.0142. The molecule has 6 nitrogen and oxygen atoms in total. The van der Waals surface area contributed by atoms with Gasteiger partial charge in [-0.1, -0.05) is 6.07 Å². The fourth-order valence-electron chi connectivity index (χ4n) is 3.59. The van der Waals surface area contributed by atoms with Gasteiger partial charge in [0.2, 0.25) is 0 Å². The maximum absolute atomic E-state index is 13.0. The largest absolute Gasteiger partial charge is 0.493 e. The number of benzene rings is 1. The summed E-state index contributed by atoms with van der Waals surface area (Å²) in [5.41, 5.74) is 5.09. The predicted molar refractivity (Wildman–Crippen MR) is 106 cm³/mol. The van der Waals surface area contributed by atoms with Gasteiger partial charge in [0.15, 0.2) is 23.1 Å². The first-order valence-corrected chi connectivity index (χ1v) is 9.01. The number of rotatable bonds is 4. The topological polar surface area (TPSA) is 66.2 Å². The Hall–Kier alpha value is -3.41. The summed E-state index contributed by atoms with van der Waals surface area (Å²) in [6, 6.07) is 9.34. The van der Waals surface area contributed by atoms with Gasteiger partial charge in [0, 0.05) is 29.3 Å². The summed E-state index contributed by atoms with van der Waals surface area (Å²) in [7, 11) is 3.16. The Morgan fingerprint density at radius 3 is 2.54 bits per heavy atom. The predicted octanol–water partition coefficient (Wildman–Crippen LogP) is 3.72. The molecule has 0 aliphatic heterocycles. The Labute approximate surface area is 163 Å². The van der Waals surface area contributed by atoms with Crippen molar-refractivity contribution in [2.24, 2.45) is 0 Å². The molecular formula is C22H21N3O3. The number of fused-ring (bicyclic) bond motifs is 1. The molecule has 1 aromatic carbocycles. The van der Waals surface area contributed by atoms with Gasteiger partial charge < -0.3 is 9.47 Å². The minimum Gasteiger partial charge on any atom is -0.493 e. The van der Waals surface area contributed by atoms with E-state index in [0.717, 1.165) is 33.9 Å². The van der Waals surface area contributed by atoms with Crippen LogP contribution in [0.25, 0.3) is 11.9 Å². The van der Waals surface area contributed by atoms with Gasteiger partial charge in [0.1, 0.15) is 0 Å². The van der Waals surface area contributed by atoms with E-state index in [-0.39, 0.29) is 5.78 Å². The zero-order chi connectivity index (χ0) is 19.8. The van der Waals surface area contributed by atoms with Crippen LogP contribution in [-0.2, 0) is 6.42 Å². The van der Waals surface area contributed by atoms with E-state index >= 15 is 0 Å². The van der Waals surface area contributed by atoms with Gasteiger partial charge in [-0.05, 0) is 49.8 Å². The number of aryl methyl sites for hydroxylation is 1. The quantitative estimate of drug-likeness (QED) is 0.650. The van der Waals surface area contributed by atoms with Gasteiger partial charge in [-0.15, -0.1) is 0 Å².